The number of ether oxygens (including phenoxy) is 1. The Bertz CT molecular complexity index is 510. The molecule has 18 heavy (non-hydrogen) atoms. The van der Waals surface area contributed by atoms with E-state index in [-0.39, 0.29) is 0 Å². The van der Waals surface area contributed by atoms with Gasteiger partial charge in [-0.25, -0.2) is 4.98 Å². The van der Waals surface area contributed by atoms with E-state index < -0.39 is 0 Å². The van der Waals surface area contributed by atoms with Crippen LogP contribution in [0.2, 0.25) is 0 Å². The zero-order valence-electron chi connectivity index (χ0n) is 10.9. The van der Waals surface area contributed by atoms with Crippen molar-refractivity contribution in [1.29, 1.82) is 0 Å². The first kappa shape index (κ1) is 13.1. The Labute approximate surface area is 112 Å². The number of rotatable bonds is 5. The molecule has 0 saturated carbocycles. The van der Waals surface area contributed by atoms with Crippen LogP contribution in [0.1, 0.15) is 29.1 Å². The summed E-state index contributed by atoms with van der Waals surface area (Å²) in [7, 11) is 1.69. The van der Waals surface area contributed by atoms with E-state index in [9.17, 15) is 0 Å². The molecule has 1 N–H and O–H groups in total. The SMILES string of the molecule is COc1cccc([C@@H](C)NCc2scnc2C)c1. The van der Waals surface area contributed by atoms with Gasteiger partial charge in [-0.15, -0.1) is 11.3 Å². The molecule has 96 valence electrons. The largest absolute Gasteiger partial charge is 0.497 e. The molecule has 0 aliphatic heterocycles. The molecule has 0 aliphatic carbocycles. The third kappa shape index (κ3) is 3.09. The first-order valence-corrected chi connectivity index (χ1v) is 6.85. The molecule has 0 spiro atoms. The lowest BCUT2D eigenvalue weighted by molar-refractivity contribution is 0.413. The summed E-state index contributed by atoms with van der Waals surface area (Å²) in [6.07, 6.45) is 0. The molecule has 0 unspecified atom stereocenters. The average molecular weight is 262 g/mol. The maximum atomic E-state index is 5.24. The summed E-state index contributed by atoms with van der Waals surface area (Å²) in [5.41, 5.74) is 4.24. The lowest BCUT2D eigenvalue weighted by atomic mass is 10.1. The molecule has 1 aromatic heterocycles. The van der Waals surface area contributed by atoms with Gasteiger partial charge in [0.1, 0.15) is 5.75 Å². The predicted molar refractivity (Wildman–Crippen MR) is 75.1 cm³/mol. The Hall–Kier alpha value is -1.39. The molecule has 0 bridgehead atoms. The molecule has 4 heteroatoms. The summed E-state index contributed by atoms with van der Waals surface area (Å²) in [5.74, 6) is 0.898. The molecular weight excluding hydrogens is 244 g/mol. The van der Waals surface area contributed by atoms with E-state index in [0.717, 1.165) is 18.0 Å². The molecule has 2 rings (SSSR count). The first-order valence-electron chi connectivity index (χ1n) is 5.97. The molecule has 0 saturated heterocycles. The van der Waals surface area contributed by atoms with Crippen LogP contribution in [0.25, 0.3) is 0 Å². The van der Waals surface area contributed by atoms with Crippen molar-refractivity contribution in [3.05, 3.63) is 45.9 Å². The van der Waals surface area contributed by atoms with Crippen LogP contribution in [0.4, 0.5) is 0 Å². The predicted octanol–water partition coefficient (Wildman–Crippen LogP) is 3.31. The molecule has 0 radical (unpaired) electrons. The molecule has 1 atom stereocenters. The highest BCUT2D eigenvalue weighted by Gasteiger charge is 2.07. The standard InChI is InChI=1S/C14H18N2OS/c1-10(12-5-4-6-13(7-12)17-3)15-8-14-11(2)16-9-18-14/h4-7,9-10,15H,8H2,1-3H3/t10-/m1/s1. The average Bonchev–Trinajstić information content (AvgIpc) is 2.81. The van der Waals surface area contributed by atoms with Gasteiger partial charge in [-0.05, 0) is 31.5 Å². The number of nitrogens with one attached hydrogen (secondary N) is 1. The van der Waals surface area contributed by atoms with Crippen molar-refractivity contribution in [2.24, 2.45) is 0 Å². The fourth-order valence-corrected chi connectivity index (χ4v) is 2.50. The van der Waals surface area contributed by atoms with Gasteiger partial charge in [0.05, 0.1) is 18.3 Å². The van der Waals surface area contributed by atoms with E-state index in [1.807, 2.05) is 24.6 Å². The summed E-state index contributed by atoms with van der Waals surface area (Å²) in [4.78, 5) is 5.55. The number of methoxy groups -OCH3 is 1. The minimum Gasteiger partial charge on any atom is -0.497 e. The summed E-state index contributed by atoms with van der Waals surface area (Å²) < 4.78 is 5.24. The molecule has 1 aromatic carbocycles. The second-order valence-corrected chi connectivity index (χ2v) is 5.18. The van der Waals surface area contributed by atoms with Crippen LogP contribution in [-0.4, -0.2) is 12.1 Å². The van der Waals surface area contributed by atoms with E-state index in [2.05, 4.69) is 29.4 Å². The molecule has 0 amide bonds. The van der Waals surface area contributed by atoms with Gasteiger partial charge in [-0.1, -0.05) is 12.1 Å². The highest BCUT2D eigenvalue weighted by molar-refractivity contribution is 7.09. The Morgan fingerprint density at radius 3 is 2.94 bits per heavy atom. The van der Waals surface area contributed by atoms with Gasteiger partial charge in [-0.2, -0.15) is 0 Å². The lowest BCUT2D eigenvalue weighted by Crippen LogP contribution is -2.17. The Kier molecular flexibility index (Phi) is 4.33. The maximum absolute atomic E-state index is 5.24. The maximum Gasteiger partial charge on any atom is 0.119 e. The number of aromatic nitrogens is 1. The molecule has 0 aliphatic rings. The fourth-order valence-electron chi connectivity index (χ4n) is 1.77. The third-order valence-corrected chi connectivity index (χ3v) is 3.94. The van der Waals surface area contributed by atoms with Crippen LogP contribution in [-0.2, 0) is 6.54 Å². The van der Waals surface area contributed by atoms with Crippen LogP contribution in [0.5, 0.6) is 5.75 Å². The summed E-state index contributed by atoms with van der Waals surface area (Å²) in [5, 5.41) is 3.51. The van der Waals surface area contributed by atoms with Gasteiger partial charge in [0.2, 0.25) is 0 Å². The summed E-state index contributed by atoms with van der Waals surface area (Å²) >= 11 is 1.70. The highest BCUT2D eigenvalue weighted by Crippen LogP contribution is 2.20. The van der Waals surface area contributed by atoms with Gasteiger partial charge in [0, 0.05) is 17.5 Å². The number of hydrogen-bond donors (Lipinski definition) is 1. The quantitative estimate of drug-likeness (QED) is 0.897. The second-order valence-electron chi connectivity index (χ2n) is 4.24. The van der Waals surface area contributed by atoms with Crippen LogP contribution >= 0.6 is 11.3 Å². The first-order chi connectivity index (χ1) is 8.70. The molecule has 0 fully saturated rings. The van der Waals surface area contributed by atoms with E-state index in [1.54, 1.807) is 18.4 Å². The zero-order valence-corrected chi connectivity index (χ0v) is 11.8. The smallest absolute Gasteiger partial charge is 0.119 e. The van der Waals surface area contributed by atoms with Crippen molar-refractivity contribution in [1.82, 2.24) is 10.3 Å². The number of benzene rings is 1. The second kappa shape index (κ2) is 5.98. The lowest BCUT2D eigenvalue weighted by Gasteiger charge is -2.14. The number of thiazole rings is 1. The minimum absolute atomic E-state index is 0.293. The van der Waals surface area contributed by atoms with Gasteiger partial charge in [0.15, 0.2) is 0 Å². The van der Waals surface area contributed by atoms with Crippen molar-refractivity contribution in [2.75, 3.05) is 7.11 Å². The number of aryl methyl sites for hydroxylation is 1. The van der Waals surface area contributed by atoms with E-state index in [0.29, 0.717) is 6.04 Å². The van der Waals surface area contributed by atoms with Crippen LogP contribution in [0.15, 0.2) is 29.8 Å². The Balaban J connectivity index is 1.99. The van der Waals surface area contributed by atoms with Crippen LogP contribution in [0, 0.1) is 6.92 Å². The summed E-state index contributed by atoms with van der Waals surface area (Å²) in [6.45, 7) is 5.06. The van der Waals surface area contributed by atoms with Crippen molar-refractivity contribution < 1.29 is 4.74 Å². The number of nitrogens with zero attached hydrogens (tertiary/aromatic N) is 1. The van der Waals surface area contributed by atoms with Crippen molar-refractivity contribution >= 4 is 11.3 Å². The fraction of sp³-hybridized carbons (Fsp3) is 0.357. The Morgan fingerprint density at radius 1 is 1.44 bits per heavy atom. The van der Waals surface area contributed by atoms with Gasteiger partial charge in [-0.3, -0.25) is 0 Å². The molecule has 3 nitrogen and oxygen atoms in total. The Morgan fingerprint density at radius 2 is 2.28 bits per heavy atom. The van der Waals surface area contributed by atoms with Crippen LogP contribution in [0.3, 0.4) is 0 Å². The topological polar surface area (TPSA) is 34.1 Å². The molecule has 2 aromatic rings. The van der Waals surface area contributed by atoms with Crippen molar-refractivity contribution in [2.45, 2.75) is 26.4 Å². The number of hydrogen-bond acceptors (Lipinski definition) is 4. The van der Waals surface area contributed by atoms with E-state index in [4.69, 9.17) is 4.74 Å². The van der Waals surface area contributed by atoms with E-state index in [1.165, 1.54) is 10.4 Å². The van der Waals surface area contributed by atoms with Crippen molar-refractivity contribution in [3.8, 4) is 5.75 Å². The minimum atomic E-state index is 0.293. The zero-order chi connectivity index (χ0) is 13.0. The van der Waals surface area contributed by atoms with Crippen LogP contribution < -0.4 is 10.1 Å². The van der Waals surface area contributed by atoms with Gasteiger partial charge < -0.3 is 10.1 Å². The van der Waals surface area contributed by atoms with Gasteiger partial charge in [0.25, 0.3) is 0 Å². The van der Waals surface area contributed by atoms with Gasteiger partial charge >= 0.3 is 0 Å². The van der Waals surface area contributed by atoms with Crippen molar-refractivity contribution in [3.63, 3.8) is 0 Å². The molecule has 1 heterocycles. The summed E-state index contributed by atoms with van der Waals surface area (Å²) in [6, 6.07) is 8.45. The normalized spacial score (nSPS) is 12.4. The monoisotopic (exact) mass is 262 g/mol. The van der Waals surface area contributed by atoms with E-state index >= 15 is 0 Å². The third-order valence-electron chi connectivity index (χ3n) is 3.01. The molecular formula is C14H18N2OS. The highest BCUT2D eigenvalue weighted by atomic mass is 32.1.